The molecule has 0 aliphatic carbocycles. The molecule has 0 unspecified atom stereocenters. The molecule has 29 heavy (non-hydrogen) atoms. The molecule has 2 N–H and O–H groups in total. The van der Waals surface area contributed by atoms with E-state index in [1.165, 1.54) is 10.9 Å². The second-order valence-corrected chi connectivity index (χ2v) is 10.7. The fraction of sp³-hybridized carbons (Fsp3) is 0.368. The first-order chi connectivity index (χ1) is 13.9. The lowest BCUT2D eigenvalue weighted by molar-refractivity contribution is 0.201. The van der Waals surface area contributed by atoms with Crippen LogP contribution in [-0.4, -0.2) is 42.6 Å². The summed E-state index contributed by atoms with van der Waals surface area (Å²) in [5, 5.41) is 8.36. The molecule has 156 valence electrons. The largest absolute Gasteiger partial charge is 0.294 e. The van der Waals surface area contributed by atoms with Gasteiger partial charge in [-0.15, -0.1) is 22.7 Å². The van der Waals surface area contributed by atoms with Crippen molar-refractivity contribution in [2.45, 2.75) is 37.1 Å². The molecule has 0 spiro atoms. The lowest BCUT2D eigenvalue weighted by Crippen LogP contribution is -2.38. The molecular formula is C19H24N4O3S3. The average molecular weight is 453 g/mol. The third-order valence-electron chi connectivity index (χ3n) is 4.62. The molecule has 0 radical (unpaired) electrons. The molecule has 7 nitrogen and oxygen atoms in total. The Morgan fingerprint density at radius 3 is 2.72 bits per heavy atom. The van der Waals surface area contributed by atoms with Crippen LogP contribution in [0, 0.1) is 0 Å². The van der Waals surface area contributed by atoms with Crippen molar-refractivity contribution in [3.63, 3.8) is 0 Å². The number of aromatic amines is 1. The van der Waals surface area contributed by atoms with Gasteiger partial charge >= 0.3 is 0 Å². The third-order valence-corrected chi connectivity index (χ3v) is 8.54. The number of nitrogens with one attached hydrogen (secondary N) is 2. The Kier molecular flexibility index (Phi) is 7.36. The second kappa shape index (κ2) is 9.77. The average Bonchev–Trinajstić information content (AvgIpc) is 3.39. The predicted molar refractivity (Wildman–Crippen MR) is 118 cm³/mol. The van der Waals surface area contributed by atoms with E-state index in [1.54, 1.807) is 29.5 Å². The predicted octanol–water partition coefficient (Wildman–Crippen LogP) is 3.14. The topological polar surface area (TPSA) is 95.2 Å². The molecule has 0 aromatic carbocycles. The van der Waals surface area contributed by atoms with Gasteiger partial charge < -0.3 is 0 Å². The number of hydrogen-bond acceptors (Lipinski definition) is 7. The molecule has 0 bridgehead atoms. The van der Waals surface area contributed by atoms with E-state index in [9.17, 15) is 13.2 Å². The summed E-state index contributed by atoms with van der Waals surface area (Å²) < 4.78 is 28.3. The number of rotatable bonds is 10. The molecule has 0 amide bonds. The Hall–Kier alpha value is -1.85. The summed E-state index contributed by atoms with van der Waals surface area (Å²) in [4.78, 5) is 15.4. The maximum absolute atomic E-state index is 12.7. The van der Waals surface area contributed by atoms with E-state index in [-0.39, 0.29) is 9.77 Å². The van der Waals surface area contributed by atoms with Gasteiger partial charge in [0.05, 0.1) is 4.88 Å². The number of H-pyrrole nitrogens is 1. The van der Waals surface area contributed by atoms with Crippen LogP contribution in [0.4, 0.5) is 0 Å². The van der Waals surface area contributed by atoms with Crippen molar-refractivity contribution >= 4 is 32.7 Å². The van der Waals surface area contributed by atoms with Gasteiger partial charge in [-0.2, -0.15) is 5.10 Å². The Morgan fingerprint density at radius 1 is 1.24 bits per heavy atom. The van der Waals surface area contributed by atoms with Crippen LogP contribution < -0.4 is 10.3 Å². The van der Waals surface area contributed by atoms with Crippen molar-refractivity contribution in [3.8, 4) is 10.6 Å². The zero-order valence-electron chi connectivity index (χ0n) is 16.3. The summed E-state index contributed by atoms with van der Waals surface area (Å²) in [5.41, 5.74) is 0.239. The first-order valence-corrected chi connectivity index (χ1v) is 12.5. The highest BCUT2D eigenvalue weighted by Gasteiger charge is 2.19. The lowest BCUT2D eigenvalue weighted by atomic mass is 10.2. The highest BCUT2D eigenvalue weighted by atomic mass is 32.2. The van der Waals surface area contributed by atoms with Crippen LogP contribution in [0.5, 0.6) is 0 Å². The zero-order chi connectivity index (χ0) is 20.9. The number of sulfonamides is 1. The molecule has 3 rings (SSSR count). The summed E-state index contributed by atoms with van der Waals surface area (Å²) in [5.74, 6) is 0. The monoisotopic (exact) mass is 452 g/mol. The quantitative estimate of drug-likeness (QED) is 0.493. The molecule has 3 aromatic heterocycles. The summed E-state index contributed by atoms with van der Waals surface area (Å²) in [6, 6.07) is 10.7. The van der Waals surface area contributed by atoms with E-state index in [4.69, 9.17) is 0 Å². The van der Waals surface area contributed by atoms with Crippen molar-refractivity contribution in [2.24, 2.45) is 0 Å². The standard InChI is InChI=1S/C19H24N4O3S3/c1-3-14(2)23(13-15-5-4-12-27-15)11-10-20-29(25,26)19-9-7-17(28-19)16-6-8-18(24)22-21-16/h4-9,12,14,20H,3,10-11,13H2,1-2H3,(H,22,24)/t14-/m0/s1. The number of thiophene rings is 2. The van der Waals surface area contributed by atoms with Crippen LogP contribution in [0.2, 0.25) is 0 Å². The molecule has 0 aliphatic rings. The Bertz CT molecular complexity index is 1050. The molecule has 1 atom stereocenters. The van der Waals surface area contributed by atoms with Crippen LogP contribution in [0.1, 0.15) is 25.1 Å². The molecule has 0 saturated carbocycles. The molecule has 0 saturated heterocycles. The molecule has 3 heterocycles. The van der Waals surface area contributed by atoms with E-state index in [2.05, 4.69) is 45.1 Å². The lowest BCUT2D eigenvalue weighted by Gasteiger charge is -2.27. The number of nitrogens with zero attached hydrogens (tertiary/aromatic N) is 2. The molecule has 3 aromatic rings. The molecule has 0 fully saturated rings. The number of hydrogen-bond donors (Lipinski definition) is 2. The van der Waals surface area contributed by atoms with Gasteiger partial charge in [-0.05, 0) is 43.0 Å². The van der Waals surface area contributed by atoms with Crippen molar-refractivity contribution in [1.82, 2.24) is 19.8 Å². The van der Waals surface area contributed by atoms with Gasteiger partial charge in [-0.3, -0.25) is 9.69 Å². The van der Waals surface area contributed by atoms with Gasteiger partial charge in [0, 0.05) is 36.6 Å². The fourth-order valence-corrected chi connectivity index (χ4v) is 5.87. The Morgan fingerprint density at radius 2 is 2.07 bits per heavy atom. The van der Waals surface area contributed by atoms with Crippen molar-refractivity contribution in [1.29, 1.82) is 0 Å². The number of aromatic nitrogens is 2. The van der Waals surface area contributed by atoms with Gasteiger partial charge in [0.1, 0.15) is 9.90 Å². The van der Waals surface area contributed by atoms with Crippen LogP contribution in [-0.2, 0) is 16.6 Å². The Labute approximate surface area is 178 Å². The minimum absolute atomic E-state index is 0.230. The van der Waals surface area contributed by atoms with Crippen LogP contribution in [0.25, 0.3) is 10.6 Å². The fourth-order valence-electron chi connectivity index (χ4n) is 2.79. The molecule has 10 heteroatoms. The minimum Gasteiger partial charge on any atom is -0.294 e. The van der Waals surface area contributed by atoms with Crippen molar-refractivity contribution < 1.29 is 8.42 Å². The third kappa shape index (κ3) is 5.83. The maximum atomic E-state index is 12.7. The highest BCUT2D eigenvalue weighted by Crippen LogP contribution is 2.28. The van der Waals surface area contributed by atoms with Crippen LogP contribution in [0.15, 0.2) is 50.8 Å². The van der Waals surface area contributed by atoms with Gasteiger partial charge in [0.25, 0.3) is 5.56 Å². The van der Waals surface area contributed by atoms with Gasteiger partial charge in [-0.25, -0.2) is 18.2 Å². The summed E-state index contributed by atoms with van der Waals surface area (Å²) >= 11 is 2.84. The maximum Gasteiger partial charge on any atom is 0.264 e. The second-order valence-electron chi connectivity index (χ2n) is 6.63. The van der Waals surface area contributed by atoms with Crippen LogP contribution in [0.3, 0.4) is 0 Å². The van der Waals surface area contributed by atoms with Crippen molar-refractivity contribution in [3.05, 3.63) is 57.0 Å². The summed E-state index contributed by atoms with van der Waals surface area (Å²) in [6.07, 6.45) is 0.999. The molecular weight excluding hydrogens is 428 g/mol. The van der Waals surface area contributed by atoms with E-state index < -0.39 is 10.0 Å². The normalized spacial score (nSPS) is 13.1. The van der Waals surface area contributed by atoms with E-state index in [0.717, 1.165) is 24.3 Å². The SMILES string of the molecule is CC[C@H](C)N(CCNS(=O)(=O)c1ccc(-c2ccc(=O)[nH]n2)s1)Cc1cccs1. The highest BCUT2D eigenvalue weighted by molar-refractivity contribution is 7.91. The first kappa shape index (κ1) is 21.8. The molecule has 0 aliphatic heterocycles. The smallest absolute Gasteiger partial charge is 0.264 e. The van der Waals surface area contributed by atoms with E-state index in [1.807, 2.05) is 6.07 Å². The van der Waals surface area contributed by atoms with Crippen LogP contribution >= 0.6 is 22.7 Å². The van der Waals surface area contributed by atoms with Gasteiger partial charge in [0.15, 0.2) is 0 Å². The Balaban J connectivity index is 1.63. The zero-order valence-corrected chi connectivity index (χ0v) is 18.7. The summed E-state index contributed by atoms with van der Waals surface area (Å²) in [7, 11) is -3.60. The minimum atomic E-state index is -3.60. The van der Waals surface area contributed by atoms with E-state index in [0.29, 0.717) is 29.7 Å². The summed E-state index contributed by atoms with van der Waals surface area (Å²) in [6.45, 7) is 6.07. The first-order valence-electron chi connectivity index (χ1n) is 9.31. The van der Waals surface area contributed by atoms with Crippen molar-refractivity contribution in [2.75, 3.05) is 13.1 Å². The van der Waals surface area contributed by atoms with Gasteiger partial charge in [0.2, 0.25) is 10.0 Å². The van der Waals surface area contributed by atoms with Gasteiger partial charge in [-0.1, -0.05) is 13.0 Å². The van der Waals surface area contributed by atoms with E-state index >= 15 is 0 Å².